The molecule has 0 fully saturated rings. The lowest BCUT2D eigenvalue weighted by molar-refractivity contribution is -0.137. The van der Waals surface area contributed by atoms with Crippen LogP contribution >= 0.6 is 11.8 Å². The second-order valence-corrected chi connectivity index (χ2v) is 5.02. The molecule has 5 heteroatoms. The Balaban J connectivity index is 2.61. The van der Waals surface area contributed by atoms with Gasteiger partial charge < -0.3 is 5.11 Å². The minimum absolute atomic E-state index is 0.537. The molecule has 0 aliphatic carbocycles. The van der Waals surface area contributed by atoms with Gasteiger partial charge in [0.15, 0.2) is 0 Å². The molecule has 1 atom stereocenters. The maximum absolute atomic E-state index is 12.3. The summed E-state index contributed by atoms with van der Waals surface area (Å²) in [6.45, 7) is 2.02. The molecule has 1 N–H and O–H groups in total. The summed E-state index contributed by atoms with van der Waals surface area (Å²) in [5.74, 6) is 1.78. The first kappa shape index (κ1) is 14.4. The summed E-state index contributed by atoms with van der Waals surface area (Å²) in [5, 5.41) is 9.75. The number of aliphatic hydroxyl groups excluding tert-OH is 1. The molecule has 96 valence electrons. The van der Waals surface area contributed by atoms with Gasteiger partial charge in [0.2, 0.25) is 0 Å². The van der Waals surface area contributed by atoms with Gasteiger partial charge in [-0.1, -0.05) is 19.1 Å². The SMILES string of the molecule is CCSCCC(O)c1ccc(C(F)(F)F)cc1. The quantitative estimate of drug-likeness (QED) is 0.814. The van der Waals surface area contributed by atoms with Crippen molar-refractivity contribution < 1.29 is 18.3 Å². The molecular weight excluding hydrogens is 249 g/mol. The second kappa shape index (κ2) is 6.31. The van der Waals surface area contributed by atoms with Crippen LogP contribution in [0.25, 0.3) is 0 Å². The number of halogens is 3. The highest BCUT2D eigenvalue weighted by Gasteiger charge is 2.30. The van der Waals surface area contributed by atoms with E-state index in [4.69, 9.17) is 0 Å². The maximum atomic E-state index is 12.3. The third kappa shape index (κ3) is 4.60. The van der Waals surface area contributed by atoms with Gasteiger partial charge in [0, 0.05) is 0 Å². The molecule has 0 aliphatic heterocycles. The fourth-order valence-electron chi connectivity index (χ4n) is 1.40. The van der Waals surface area contributed by atoms with Gasteiger partial charge in [0.05, 0.1) is 11.7 Å². The highest BCUT2D eigenvalue weighted by atomic mass is 32.2. The Morgan fingerprint density at radius 3 is 2.29 bits per heavy atom. The second-order valence-electron chi connectivity index (χ2n) is 3.62. The molecule has 1 aromatic rings. The van der Waals surface area contributed by atoms with Crippen LogP contribution in [0, 0.1) is 0 Å². The van der Waals surface area contributed by atoms with Crippen molar-refractivity contribution in [1.82, 2.24) is 0 Å². The van der Waals surface area contributed by atoms with Crippen LogP contribution in [0.5, 0.6) is 0 Å². The van der Waals surface area contributed by atoms with Crippen LogP contribution in [0.4, 0.5) is 13.2 Å². The van der Waals surface area contributed by atoms with Crippen molar-refractivity contribution in [3.63, 3.8) is 0 Å². The Labute approximate surface area is 103 Å². The van der Waals surface area contributed by atoms with Gasteiger partial charge in [0.1, 0.15) is 0 Å². The molecule has 1 aromatic carbocycles. The lowest BCUT2D eigenvalue weighted by Crippen LogP contribution is -2.06. The van der Waals surface area contributed by atoms with E-state index in [-0.39, 0.29) is 0 Å². The smallest absolute Gasteiger partial charge is 0.388 e. The third-order valence-corrected chi connectivity index (χ3v) is 3.30. The van der Waals surface area contributed by atoms with Crippen molar-refractivity contribution in [1.29, 1.82) is 0 Å². The first-order valence-electron chi connectivity index (χ1n) is 5.38. The fourth-order valence-corrected chi connectivity index (χ4v) is 2.08. The van der Waals surface area contributed by atoms with E-state index in [1.807, 2.05) is 6.92 Å². The van der Waals surface area contributed by atoms with Gasteiger partial charge in [0.25, 0.3) is 0 Å². The summed E-state index contributed by atoms with van der Waals surface area (Å²) < 4.78 is 36.9. The summed E-state index contributed by atoms with van der Waals surface area (Å²) in [5.41, 5.74) is -0.147. The highest BCUT2D eigenvalue weighted by molar-refractivity contribution is 7.99. The minimum atomic E-state index is -4.32. The van der Waals surface area contributed by atoms with Crippen LogP contribution in [0.3, 0.4) is 0 Å². The topological polar surface area (TPSA) is 20.2 Å². The summed E-state index contributed by atoms with van der Waals surface area (Å²) in [6, 6.07) is 4.69. The average molecular weight is 264 g/mol. The molecule has 0 spiro atoms. The Hall–Kier alpha value is -0.680. The van der Waals surface area contributed by atoms with Crippen LogP contribution in [-0.2, 0) is 6.18 Å². The number of alkyl halides is 3. The number of rotatable bonds is 5. The van der Waals surface area contributed by atoms with E-state index in [0.717, 1.165) is 23.6 Å². The lowest BCUT2D eigenvalue weighted by atomic mass is 10.1. The average Bonchev–Trinajstić information content (AvgIpc) is 2.28. The number of hydrogen-bond acceptors (Lipinski definition) is 2. The lowest BCUT2D eigenvalue weighted by Gasteiger charge is -2.12. The molecule has 0 saturated heterocycles. The molecule has 0 heterocycles. The van der Waals surface area contributed by atoms with Crippen LogP contribution in [0.1, 0.15) is 30.6 Å². The normalized spacial score (nSPS) is 13.7. The van der Waals surface area contributed by atoms with Gasteiger partial charge in [-0.25, -0.2) is 0 Å². The van der Waals surface area contributed by atoms with E-state index in [0.29, 0.717) is 12.0 Å². The molecule has 0 aromatic heterocycles. The molecule has 17 heavy (non-hydrogen) atoms. The number of thioether (sulfide) groups is 1. The van der Waals surface area contributed by atoms with Crippen molar-refractivity contribution in [2.24, 2.45) is 0 Å². The van der Waals surface area contributed by atoms with Gasteiger partial charge in [-0.3, -0.25) is 0 Å². The van der Waals surface area contributed by atoms with E-state index in [1.54, 1.807) is 11.8 Å². The molecule has 0 saturated carbocycles. The van der Waals surface area contributed by atoms with Gasteiger partial charge >= 0.3 is 6.18 Å². The Morgan fingerprint density at radius 1 is 1.24 bits per heavy atom. The van der Waals surface area contributed by atoms with Crippen LogP contribution < -0.4 is 0 Å². The summed E-state index contributed by atoms with van der Waals surface area (Å²) in [6.07, 6.45) is -4.44. The van der Waals surface area contributed by atoms with Crippen molar-refractivity contribution >= 4 is 11.8 Å². The largest absolute Gasteiger partial charge is 0.416 e. The number of aliphatic hydroxyl groups is 1. The summed E-state index contributed by atoms with van der Waals surface area (Å²) in [4.78, 5) is 0. The van der Waals surface area contributed by atoms with Gasteiger partial charge in [-0.05, 0) is 35.6 Å². The molecule has 1 unspecified atom stereocenters. The maximum Gasteiger partial charge on any atom is 0.416 e. The van der Waals surface area contributed by atoms with Gasteiger partial charge in [-0.2, -0.15) is 24.9 Å². The standard InChI is InChI=1S/C12H15F3OS/c1-2-17-8-7-11(16)9-3-5-10(6-4-9)12(13,14)15/h3-6,11,16H,2,7-8H2,1H3. The molecule has 0 radical (unpaired) electrons. The van der Waals surface area contributed by atoms with E-state index in [1.165, 1.54) is 12.1 Å². The monoisotopic (exact) mass is 264 g/mol. The highest BCUT2D eigenvalue weighted by Crippen LogP contribution is 2.30. The number of hydrogen-bond donors (Lipinski definition) is 1. The summed E-state index contributed by atoms with van der Waals surface area (Å²) >= 11 is 1.70. The first-order valence-corrected chi connectivity index (χ1v) is 6.53. The zero-order valence-electron chi connectivity index (χ0n) is 9.50. The predicted molar refractivity (Wildman–Crippen MR) is 64.0 cm³/mol. The van der Waals surface area contributed by atoms with Crippen LogP contribution in [-0.4, -0.2) is 16.6 Å². The Bertz CT molecular complexity index is 335. The zero-order valence-corrected chi connectivity index (χ0v) is 10.3. The molecule has 1 rings (SSSR count). The Kier molecular flexibility index (Phi) is 5.33. The molecule has 1 nitrogen and oxygen atoms in total. The number of benzene rings is 1. The van der Waals surface area contributed by atoms with E-state index in [9.17, 15) is 18.3 Å². The molecular formula is C12H15F3OS. The Morgan fingerprint density at radius 2 is 1.82 bits per heavy atom. The van der Waals surface area contributed by atoms with E-state index >= 15 is 0 Å². The third-order valence-electron chi connectivity index (χ3n) is 2.36. The van der Waals surface area contributed by atoms with Crippen LogP contribution in [0.2, 0.25) is 0 Å². The minimum Gasteiger partial charge on any atom is -0.388 e. The fraction of sp³-hybridized carbons (Fsp3) is 0.500. The van der Waals surface area contributed by atoms with Crippen molar-refractivity contribution in [3.8, 4) is 0 Å². The van der Waals surface area contributed by atoms with Crippen molar-refractivity contribution in [3.05, 3.63) is 35.4 Å². The first-order chi connectivity index (χ1) is 7.95. The summed E-state index contributed by atoms with van der Waals surface area (Å²) in [7, 11) is 0. The molecule has 0 bridgehead atoms. The molecule has 0 amide bonds. The molecule has 0 aliphatic rings. The van der Waals surface area contributed by atoms with Gasteiger partial charge in [-0.15, -0.1) is 0 Å². The van der Waals surface area contributed by atoms with E-state index in [2.05, 4.69) is 0 Å². The van der Waals surface area contributed by atoms with Crippen molar-refractivity contribution in [2.75, 3.05) is 11.5 Å². The van der Waals surface area contributed by atoms with E-state index < -0.39 is 17.8 Å². The van der Waals surface area contributed by atoms with Crippen molar-refractivity contribution in [2.45, 2.75) is 25.6 Å². The zero-order chi connectivity index (χ0) is 12.9. The van der Waals surface area contributed by atoms with Crippen LogP contribution in [0.15, 0.2) is 24.3 Å². The predicted octanol–water partition coefficient (Wildman–Crippen LogP) is 3.88.